The number of fused-ring (bicyclic) bond motifs is 1. The van der Waals surface area contributed by atoms with E-state index in [4.69, 9.17) is 4.42 Å². The highest BCUT2D eigenvalue weighted by Gasteiger charge is 2.52. The Labute approximate surface area is 203 Å². The van der Waals surface area contributed by atoms with Crippen LogP contribution in [-0.2, 0) is 0 Å². The van der Waals surface area contributed by atoms with Crippen LogP contribution in [0.25, 0.3) is 28.4 Å². The third kappa shape index (κ3) is 4.29. The van der Waals surface area contributed by atoms with Crippen molar-refractivity contribution < 1.29 is 23.5 Å². The molecule has 2 aromatic heterocycles. The van der Waals surface area contributed by atoms with Gasteiger partial charge in [0.1, 0.15) is 11.3 Å². The van der Waals surface area contributed by atoms with Crippen molar-refractivity contribution in [3.05, 3.63) is 60.1 Å². The van der Waals surface area contributed by atoms with E-state index in [1.807, 2.05) is 34.6 Å². The molecule has 0 saturated carbocycles. The number of hydrogen-bond donors (Lipinski definition) is 1. The molecule has 1 aliphatic heterocycles. The normalized spacial score (nSPS) is 18.1. The molecule has 4 rings (SSSR count). The van der Waals surface area contributed by atoms with Crippen LogP contribution in [-0.4, -0.2) is 56.6 Å². The lowest BCUT2D eigenvalue weighted by atomic mass is 9.72. The van der Waals surface area contributed by atoms with E-state index in [0.717, 1.165) is 5.56 Å². The summed E-state index contributed by atoms with van der Waals surface area (Å²) >= 11 is 0. The first-order valence-corrected chi connectivity index (χ1v) is 11.5. The molecule has 1 fully saturated rings. The van der Waals surface area contributed by atoms with Gasteiger partial charge in [0, 0.05) is 30.3 Å². The Kier molecular flexibility index (Phi) is 5.95. The van der Waals surface area contributed by atoms with Crippen molar-refractivity contribution >= 4 is 29.2 Å². The van der Waals surface area contributed by atoms with Gasteiger partial charge in [0.25, 0.3) is 5.91 Å². The highest BCUT2D eigenvalue weighted by molar-refractivity contribution is 5.98. The quantitative estimate of drug-likeness (QED) is 0.505. The Hall–Kier alpha value is -3.68. The Morgan fingerprint density at radius 2 is 1.86 bits per heavy atom. The van der Waals surface area contributed by atoms with Gasteiger partial charge in [-0.15, -0.1) is 0 Å². The van der Waals surface area contributed by atoms with Crippen LogP contribution in [0.3, 0.4) is 0 Å². The number of halogens is 1. The molecule has 0 bridgehead atoms. The number of carboxylic acid groups (broad SMARTS) is 1. The van der Waals surface area contributed by atoms with E-state index < -0.39 is 23.1 Å². The lowest BCUT2D eigenvalue weighted by Crippen LogP contribution is -2.71. The van der Waals surface area contributed by atoms with Crippen LogP contribution in [0.15, 0.2) is 47.4 Å². The Morgan fingerprint density at radius 1 is 1.20 bits per heavy atom. The molecule has 8 heteroatoms. The molecule has 35 heavy (non-hydrogen) atoms. The maximum Gasteiger partial charge on any atom is 0.407 e. The second-order valence-corrected chi connectivity index (χ2v) is 10.5. The number of piperazine rings is 1. The van der Waals surface area contributed by atoms with Crippen LogP contribution in [0, 0.1) is 11.2 Å². The molecule has 0 radical (unpaired) electrons. The number of pyridine rings is 1. The molecule has 184 valence electrons. The van der Waals surface area contributed by atoms with Crippen LogP contribution < -0.4 is 0 Å². The molecule has 1 aromatic carbocycles. The third-order valence-electron chi connectivity index (χ3n) is 6.63. The summed E-state index contributed by atoms with van der Waals surface area (Å²) in [4.78, 5) is 33.4. The highest BCUT2D eigenvalue weighted by Crippen LogP contribution is 2.40. The van der Waals surface area contributed by atoms with Crippen LogP contribution >= 0.6 is 0 Å². The zero-order chi connectivity index (χ0) is 25.7. The van der Waals surface area contributed by atoms with Crippen molar-refractivity contribution in [2.24, 2.45) is 5.41 Å². The number of nitrogens with zero attached hydrogens (tertiary/aromatic N) is 3. The topological polar surface area (TPSA) is 86.9 Å². The number of benzene rings is 1. The number of carbonyl (C=O) groups is 2. The minimum atomic E-state index is -0.998. The van der Waals surface area contributed by atoms with Crippen molar-refractivity contribution in [2.45, 2.75) is 46.2 Å². The maximum atomic E-state index is 13.7. The smallest absolute Gasteiger partial charge is 0.407 e. The number of hydrogen-bond acceptors (Lipinski definition) is 4. The molecule has 7 nitrogen and oxygen atoms in total. The summed E-state index contributed by atoms with van der Waals surface area (Å²) < 4.78 is 19.4. The monoisotopic (exact) mass is 479 g/mol. The molecular formula is C27H30FN3O4. The van der Waals surface area contributed by atoms with Gasteiger partial charge in [0.2, 0.25) is 0 Å². The zero-order valence-electron chi connectivity index (χ0n) is 20.6. The van der Waals surface area contributed by atoms with E-state index in [1.165, 1.54) is 17.0 Å². The van der Waals surface area contributed by atoms with Gasteiger partial charge in [-0.2, -0.15) is 0 Å². The van der Waals surface area contributed by atoms with Crippen LogP contribution in [0.5, 0.6) is 0 Å². The second kappa shape index (κ2) is 8.52. The van der Waals surface area contributed by atoms with E-state index in [1.54, 1.807) is 35.2 Å². The molecule has 3 heterocycles. The third-order valence-corrected chi connectivity index (χ3v) is 6.63. The van der Waals surface area contributed by atoms with Gasteiger partial charge in [0.05, 0.1) is 17.3 Å². The molecule has 2 amide bonds. The largest absolute Gasteiger partial charge is 0.465 e. The van der Waals surface area contributed by atoms with E-state index in [-0.39, 0.29) is 30.6 Å². The van der Waals surface area contributed by atoms with Crippen molar-refractivity contribution in [1.82, 2.24) is 14.8 Å². The minimum absolute atomic E-state index is 0.122. The fraction of sp³-hybridized carbons (Fsp3) is 0.370. The summed E-state index contributed by atoms with van der Waals surface area (Å²) in [6.45, 7) is 14.0. The van der Waals surface area contributed by atoms with Crippen LogP contribution in [0.4, 0.5) is 9.18 Å². The minimum Gasteiger partial charge on any atom is -0.465 e. The number of aromatic nitrogens is 1. The maximum absolute atomic E-state index is 13.7. The predicted molar refractivity (Wildman–Crippen MR) is 133 cm³/mol. The molecule has 0 spiro atoms. The van der Waals surface area contributed by atoms with Gasteiger partial charge in [-0.05, 0) is 49.6 Å². The first kappa shape index (κ1) is 24.4. The van der Waals surface area contributed by atoms with Crippen molar-refractivity contribution in [2.75, 3.05) is 13.1 Å². The number of carbonyl (C=O) groups excluding carboxylic acids is 1. The summed E-state index contributed by atoms with van der Waals surface area (Å²) in [5.41, 5.74) is 1.72. The summed E-state index contributed by atoms with van der Waals surface area (Å²) in [5, 5.41) is 9.80. The lowest BCUT2D eigenvalue weighted by Gasteiger charge is -2.56. The van der Waals surface area contributed by atoms with Gasteiger partial charge in [-0.25, -0.2) is 14.2 Å². The molecule has 1 N–H and O–H groups in total. The summed E-state index contributed by atoms with van der Waals surface area (Å²) in [6, 6.07) is 8.96. The summed E-state index contributed by atoms with van der Waals surface area (Å²) in [7, 11) is 0. The lowest BCUT2D eigenvalue weighted by molar-refractivity contribution is -0.0528. The summed E-state index contributed by atoms with van der Waals surface area (Å²) in [5.74, 6) is -0.545. The SMILES string of the molecule is C=Cc1cc(-c2ccc(F)cc2)nc2cc(C(=O)N3CCN(C(=O)O)C(C(C)(C)C)C3(C)C)oc12. The highest BCUT2D eigenvalue weighted by atomic mass is 19.1. The fourth-order valence-electron chi connectivity index (χ4n) is 5.46. The standard InChI is InChI=1S/C27H30FN3O4/c1-7-16-14-19(17-8-10-18(28)11-9-17)29-20-15-21(35-22(16)20)23(32)31-13-12-30(25(33)34)24(26(2,3)4)27(31,5)6/h7-11,14-15,24H,1,12-13H2,2-6H3,(H,33,34). The van der Waals surface area contributed by atoms with Gasteiger partial charge >= 0.3 is 6.09 Å². The number of amides is 2. The zero-order valence-corrected chi connectivity index (χ0v) is 20.6. The first-order chi connectivity index (χ1) is 16.3. The number of furan rings is 1. The molecule has 1 saturated heterocycles. The second-order valence-electron chi connectivity index (χ2n) is 10.5. The van der Waals surface area contributed by atoms with Gasteiger partial charge in [0.15, 0.2) is 11.3 Å². The fourth-order valence-corrected chi connectivity index (χ4v) is 5.46. The van der Waals surface area contributed by atoms with Gasteiger partial charge in [-0.3, -0.25) is 4.79 Å². The van der Waals surface area contributed by atoms with Gasteiger partial charge in [-0.1, -0.05) is 33.4 Å². The van der Waals surface area contributed by atoms with E-state index in [9.17, 15) is 19.1 Å². The van der Waals surface area contributed by atoms with Crippen LogP contribution in [0.1, 0.15) is 50.7 Å². The van der Waals surface area contributed by atoms with Crippen molar-refractivity contribution in [3.63, 3.8) is 0 Å². The van der Waals surface area contributed by atoms with Gasteiger partial charge < -0.3 is 19.3 Å². The molecule has 1 atom stereocenters. The first-order valence-electron chi connectivity index (χ1n) is 11.5. The average Bonchev–Trinajstić information content (AvgIpc) is 3.21. The van der Waals surface area contributed by atoms with E-state index in [0.29, 0.717) is 22.4 Å². The summed E-state index contributed by atoms with van der Waals surface area (Å²) in [6.07, 6.45) is 0.627. The average molecular weight is 480 g/mol. The van der Waals surface area contributed by atoms with Crippen molar-refractivity contribution in [3.8, 4) is 11.3 Å². The molecule has 1 aliphatic rings. The molecule has 1 unspecified atom stereocenters. The molecule has 3 aromatic rings. The Bertz CT molecular complexity index is 1300. The number of rotatable bonds is 3. The predicted octanol–water partition coefficient (Wildman–Crippen LogP) is 5.91. The molecular weight excluding hydrogens is 449 g/mol. The Balaban J connectivity index is 1.75. The Morgan fingerprint density at radius 3 is 2.43 bits per heavy atom. The van der Waals surface area contributed by atoms with E-state index >= 15 is 0 Å². The van der Waals surface area contributed by atoms with Crippen LogP contribution in [0.2, 0.25) is 0 Å². The van der Waals surface area contributed by atoms with E-state index in [2.05, 4.69) is 11.6 Å². The molecule has 0 aliphatic carbocycles. The van der Waals surface area contributed by atoms with Crippen molar-refractivity contribution in [1.29, 1.82) is 0 Å².